The second-order valence-corrected chi connectivity index (χ2v) is 6.02. The van der Waals surface area contributed by atoms with Crippen molar-refractivity contribution in [3.8, 4) is 0 Å². The second-order valence-electron chi connectivity index (χ2n) is 5.24. The maximum absolute atomic E-state index is 5.92. The van der Waals surface area contributed by atoms with E-state index in [1.54, 1.807) is 11.3 Å². The minimum absolute atomic E-state index is 0.299. The van der Waals surface area contributed by atoms with Crippen molar-refractivity contribution in [3.05, 3.63) is 34.3 Å². The van der Waals surface area contributed by atoms with E-state index in [0.717, 1.165) is 31.7 Å². The molecule has 0 radical (unpaired) electrons. The fourth-order valence-corrected chi connectivity index (χ4v) is 3.69. The van der Waals surface area contributed by atoms with Gasteiger partial charge in [-0.3, -0.25) is 4.90 Å². The van der Waals surface area contributed by atoms with E-state index in [1.165, 1.54) is 5.56 Å². The Morgan fingerprint density at radius 2 is 2.47 bits per heavy atom. The zero-order chi connectivity index (χ0) is 12.7. The molecule has 4 heterocycles. The number of ether oxygens (including phenoxy) is 1. The molecule has 0 aliphatic carbocycles. The first-order valence-electron chi connectivity index (χ1n) is 6.64. The molecular weight excluding hydrogens is 260 g/mol. The van der Waals surface area contributed by atoms with Crippen LogP contribution in [0.1, 0.15) is 23.7 Å². The molecule has 0 bridgehead atoms. The summed E-state index contributed by atoms with van der Waals surface area (Å²) in [5.74, 6) is 0. The van der Waals surface area contributed by atoms with Gasteiger partial charge >= 0.3 is 0 Å². The van der Waals surface area contributed by atoms with Gasteiger partial charge in [0.05, 0.1) is 30.6 Å². The van der Waals surface area contributed by atoms with Crippen LogP contribution in [0.3, 0.4) is 0 Å². The van der Waals surface area contributed by atoms with Crippen LogP contribution in [0, 0.1) is 0 Å². The summed E-state index contributed by atoms with van der Waals surface area (Å²) in [7, 11) is 0. The van der Waals surface area contributed by atoms with E-state index in [-0.39, 0.29) is 0 Å². The summed E-state index contributed by atoms with van der Waals surface area (Å²) in [4.78, 5) is 2.49. The monoisotopic (exact) mass is 276 g/mol. The average molecular weight is 276 g/mol. The van der Waals surface area contributed by atoms with Crippen LogP contribution in [0.2, 0.25) is 0 Å². The number of hydrogen-bond acceptors (Lipinski definition) is 5. The predicted molar refractivity (Wildman–Crippen MR) is 71.8 cm³/mol. The summed E-state index contributed by atoms with van der Waals surface area (Å²) in [5.41, 5.74) is 2.50. The quantitative estimate of drug-likeness (QED) is 0.837. The highest BCUT2D eigenvalue weighted by molar-refractivity contribution is 7.07. The van der Waals surface area contributed by atoms with Gasteiger partial charge < -0.3 is 4.74 Å². The Kier molecular flexibility index (Phi) is 2.86. The van der Waals surface area contributed by atoms with Crippen LogP contribution in [0.15, 0.2) is 23.0 Å². The van der Waals surface area contributed by atoms with Gasteiger partial charge in [-0.25, -0.2) is 4.68 Å². The summed E-state index contributed by atoms with van der Waals surface area (Å²) < 4.78 is 7.99. The molecule has 0 unspecified atom stereocenters. The Morgan fingerprint density at radius 1 is 1.47 bits per heavy atom. The number of nitrogens with zero attached hydrogens (tertiary/aromatic N) is 4. The number of fused-ring (bicyclic) bond motifs is 3. The van der Waals surface area contributed by atoms with Gasteiger partial charge in [0.15, 0.2) is 0 Å². The van der Waals surface area contributed by atoms with E-state index in [0.29, 0.717) is 18.8 Å². The Balaban J connectivity index is 1.52. The first kappa shape index (κ1) is 11.6. The van der Waals surface area contributed by atoms with Crippen molar-refractivity contribution in [2.24, 2.45) is 0 Å². The lowest BCUT2D eigenvalue weighted by molar-refractivity contribution is -0.0669. The smallest absolute Gasteiger partial charge is 0.0930 e. The molecule has 1 fully saturated rings. The highest BCUT2D eigenvalue weighted by Gasteiger charge is 2.36. The van der Waals surface area contributed by atoms with Gasteiger partial charge in [0.25, 0.3) is 0 Å². The normalized spacial score (nSPS) is 26.9. The van der Waals surface area contributed by atoms with E-state index >= 15 is 0 Å². The predicted octanol–water partition coefficient (Wildman–Crippen LogP) is 1.69. The number of hydrogen-bond donors (Lipinski definition) is 0. The molecule has 4 rings (SSSR count). The van der Waals surface area contributed by atoms with E-state index in [9.17, 15) is 0 Å². The minimum atomic E-state index is 0.299. The maximum Gasteiger partial charge on any atom is 0.0930 e. The summed E-state index contributed by atoms with van der Waals surface area (Å²) in [5, 5.41) is 12.6. The van der Waals surface area contributed by atoms with Crippen LogP contribution in [-0.4, -0.2) is 39.1 Å². The molecule has 0 saturated carbocycles. The van der Waals surface area contributed by atoms with Gasteiger partial charge in [0.2, 0.25) is 0 Å². The lowest BCUT2D eigenvalue weighted by Gasteiger charge is -2.40. The Morgan fingerprint density at radius 3 is 3.37 bits per heavy atom. The molecule has 0 spiro atoms. The van der Waals surface area contributed by atoms with E-state index in [4.69, 9.17) is 4.74 Å². The fourth-order valence-electron chi connectivity index (χ4n) is 3.03. The van der Waals surface area contributed by atoms with Crippen LogP contribution in [0.4, 0.5) is 0 Å². The molecule has 1 saturated heterocycles. The van der Waals surface area contributed by atoms with Crippen molar-refractivity contribution in [1.29, 1.82) is 0 Å². The molecule has 2 aromatic rings. The third-order valence-corrected chi connectivity index (χ3v) is 4.73. The van der Waals surface area contributed by atoms with E-state index in [1.807, 2.05) is 6.20 Å². The first-order chi connectivity index (χ1) is 9.40. The number of likely N-dealkylation sites (tertiary alicyclic amines) is 1. The van der Waals surface area contributed by atoms with Gasteiger partial charge in [-0.15, -0.1) is 5.10 Å². The Labute approximate surface area is 115 Å². The standard InChI is InChI=1S/C13H16N4OS/c1-3-16(6-10-2-4-19-9-10)7-12-13(1)18-8-11-5-14-15-17(11)12/h2,4-5,9,12-13H,1,3,6-8H2/t12-,13-/m1/s1. The average Bonchev–Trinajstić information content (AvgIpc) is 3.08. The lowest BCUT2D eigenvalue weighted by Crippen LogP contribution is -2.47. The largest absolute Gasteiger partial charge is 0.370 e. The summed E-state index contributed by atoms with van der Waals surface area (Å²) in [6.07, 6.45) is 3.19. The molecule has 0 aromatic carbocycles. The topological polar surface area (TPSA) is 43.2 Å². The van der Waals surface area contributed by atoms with Crippen LogP contribution >= 0.6 is 11.3 Å². The molecule has 19 heavy (non-hydrogen) atoms. The third-order valence-electron chi connectivity index (χ3n) is 4.00. The van der Waals surface area contributed by atoms with E-state index in [2.05, 4.69) is 36.7 Å². The highest BCUT2D eigenvalue weighted by Crippen LogP contribution is 2.30. The molecule has 5 nitrogen and oxygen atoms in total. The molecule has 6 heteroatoms. The summed E-state index contributed by atoms with van der Waals surface area (Å²) in [6, 6.07) is 2.52. The van der Waals surface area contributed by atoms with Crippen molar-refractivity contribution in [2.45, 2.75) is 31.7 Å². The fraction of sp³-hybridized carbons (Fsp3) is 0.538. The van der Waals surface area contributed by atoms with Crippen molar-refractivity contribution < 1.29 is 4.74 Å². The molecule has 0 amide bonds. The van der Waals surface area contributed by atoms with Gasteiger partial charge in [0, 0.05) is 19.6 Å². The van der Waals surface area contributed by atoms with Crippen LogP contribution in [-0.2, 0) is 17.9 Å². The molecule has 2 aromatic heterocycles. The second kappa shape index (κ2) is 4.70. The number of piperidine rings is 1. The maximum atomic E-state index is 5.92. The zero-order valence-electron chi connectivity index (χ0n) is 10.6. The third kappa shape index (κ3) is 2.09. The number of aromatic nitrogens is 3. The molecule has 2 aliphatic heterocycles. The van der Waals surface area contributed by atoms with Gasteiger partial charge in [-0.05, 0) is 28.8 Å². The Hall–Kier alpha value is -1.24. The number of rotatable bonds is 2. The summed E-state index contributed by atoms with van der Waals surface area (Å²) >= 11 is 1.76. The van der Waals surface area contributed by atoms with Crippen molar-refractivity contribution in [3.63, 3.8) is 0 Å². The van der Waals surface area contributed by atoms with Gasteiger partial charge in [0.1, 0.15) is 0 Å². The lowest BCUT2D eigenvalue weighted by atomic mass is 10.00. The van der Waals surface area contributed by atoms with Crippen LogP contribution in [0.5, 0.6) is 0 Å². The van der Waals surface area contributed by atoms with Crippen molar-refractivity contribution >= 4 is 11.3 Å². The van der Waals surface area contributed by atoms with Crippen molar-refractivity contribution in [2.75, 3.05) is 13.1 Å². The van der Waals surface area contributed by atoms with Gasteiger partial charge in [-0.1, -0.05) is 5.21 Å². The minimum Gasteiger partial charge on any atom is -0.370 e. The van der Waals surface area contributed by atoms with E-state index < -0.39 is 0 Å². The first-order valence-corrected chi connectivity index (χ1v) is 7.58. The summed E-state index contributed by atoms with van der Waals surface area (Å²) in [6.45, 7) is 3.77. The Bertz CT molecular complexity index is 553. The van der Waals surface area contributed by atoms with Crippen molar-refractivity contribution in [1.82, 2.24) is 19.9 Å². The van der Waals surface area contributed by atoms with Crippen LogP contribution < -0.4 is 0 Å². The molecule has 100 valence electrons. The highest BCUT2D eigenvalue weighted by atomic mass is 32.1. The SMILES string of the molecule is c1cc(CN2CC[C@H]3OCc4cnnn4[C@@H]3C2)cs1. The molecular formula is C13H16N4OS. The molecule has 2 atom stereocenters. The zero-order valence-corrected chi connectivity index (χ0v) is 11.4. The molecule has 2 aliphatic rings. The van der Waals surface area contributed by atoms with Gasteiger partial charge in [-0.2, -0.15) is 11.3 Å². The number of thiophene rings is 1. The molecule has 0 N–H and O–H groups in total. The van der Waals surface area contributed by atoms with Crippen LogP contribution in [0.25, 0.3) is 0 Å².